The van der Waals surface area contributed by atoms with Crippen LogP contribution in [0.1, 0.15) is 37.0 Å². The van der Waals surface area contributed by atoms with Gasteiger partial charge in [-0.1, -0.05) is 19.3 Å². The summed E-state index contributed by atoms with van der Waals surface area (Å²) in [5.74, 6) is 0.743. The Morgan fingerprint density at radius 3 is 2.79 bits per heavy atom. The zero-order valence-corrected chi connectivity index (χ0v) is 13.0. The molecular weight excluding hydrogens is 274 g/mol. The van der Waals surface area contributed by atoms with Crippen molar-refractivity contribution in [1.82, 2.24) is 9.97 Å². The lowest BCUT2D eigenvalue weighted by atomic mass is 10.0. The van der Waals surface area contributed by atoms with E-state index < -0.39 is 0 Å². The number of nitrogens with zero attached hydrogens (tertiary/aromatic N) is 2. The van der Waals surface area contributed by atoms with Gasteiger partial charge in [0.1, 0.15) is 9.86 Å². The second kappa shape index (κ2) is 5.67. The van der Waals surface area contributed by atoms with Crippen molar-refractivity contribution < 1.29 is 0 Å². The lowest BCUT2D eigenvalue weighted by molar-refractivity contribution is 0.516. The number of thioether (sulfide) groups is 1. The maximum absolute atomic E-state index is 4.67. The van der Waals surface area contributed by atoms with Gasteiger partial charge in [0.15, 0.2) is 0 Å². The van der Waals surface area contributed by atoms with Crippen molar-refractivity contribution in [3.8, 4) is 0 Å². The first-order chi connectivity index (χ1) is 9.26. The first-order valence-corrected chi connectivity index (χ1v) is 8.58. The van der Waals surface area contributed by atoms with Crippen LogP contribution in [0, 0.1) is 6.92 Å². The van der Waals surface area contributed by atoms with Gasteiger partial charge in [0.2, 0.25) is 5.95 Å². The number of rotatable bonds is 3. The average Bonchev–Trinajstić information content (AvgIpc) is 2.80. The Labute approximate surface area is 122 Å². The predicted molar refractivity (Wildman–Crippen MR) is 84.4 cm³/mol. The van der Waals surface area contributed by atoms with Gasteiger partial charge in [0.25, 0.3) is 0 Å². The van der Waals surface area contributed by atoms with E-state index in [0.717, 1.165) is 21.1 Å². The van der Waals surface area contributed by atoms with Gasteiger partial charge in [0.05, 0.1) is 0 Å². The Hall–Kier alpha value is -0.810. The van der Waals surface area contributed by atoms with E-state index >= 15 is 0 Å². The van der Waals surface area contributed by atoms with Gasteiger partial charge in [-0.25, -0.2) is 9.97 Å². The number of anilines is 1. The average molecular weight is 293 g/mol. The zero-order valence-electron chi connectivity index (χ0n) is 11.4. The molecule has 1 fully saturated rings. The van der Waals surface area contributed by atoms with E-state index in [0.29, 0.717) is 0 Å². The van der Waals surface area contributed by atoms with Gasteiger partial charge in [-0.3, -0.25) is 0 Å². The summed E-state index contributed by atoms with van der Waals surface area (Å²) in [4.78, 5) is 11.6. The highest BCUT2D eigenvalue weighted by molar-refractivity contribution is 8.00. The standard InChI is InChI=1S/C14H19N3S2/c1-9-8-11-12(18-9)16-14(15-2)17-13(11)19-10-6-4-3-5-7-10/h8,10H,3-7H2,1-2H3,(H,15,16,17). The van der Waals surface area contributed by atoms with Crippen LogP contribution in [0.2, 0.25) is 0 Å². The quantitative estimate of drug-likeness (QED) is 0.848. The fraction of sp³-hybridized carbons (Fsp3) is 0.571. The predicted octanol–water partition coefficient (Wildman–Crippen LogP) is 4.47. The van der Waals surface area contributed by atoms with Gasteiger partial charge in [-0.2, -0.15) is 0 Å². The summed E-state index contributed by atoms with van der Waals surface area (Å²) < 4.78 is 0. The fourth-order valence-electron chi connectivity index (χ4n) is 2.56. The Morgan fingerprint density at radius 1 is 1.26 bits per heavy atom. The van der Waals surface area contributed by atoms with Gasteiger partial charge >= 0.3 is 0 Å². The Kier molecular flexibility index (Phi) is 3.93. The van der Waals surface area contributed by atoms with Crippen LogP contribution in [-0.2, 0) is 0 Å². The molecule has 19 heavy (non-hydrogen) atoms. The molecule has 0 unspecified atom stereocenters. The summed E-state index contributed by atoms with van der Waals surface area (Å²) in [5, 5.41) is 6.20. The molecule has 102 valence electrons. The SMILES string of the molecule is CNc1nc(SC2CCCCC2)c2cc(C)sc2n1. The van der Waals surface area contributed by atoms with Crippen molar-refractivity contribution in [2.24, 2.45) is 0 Å². The molecule has 1 aliphatic rings. The molecule has 0 amide bonds. The van der Waals surface area contributed by atoms with Gasteiger partial charge in [-0.15, -0.1) is 23.1 Å². The van der Waals surface area contributed by atoms with Crippen LogP contribution in [-0.4, -0.2) is 22.3 Å². The highest BCUT2D eigenvalue weighted by atomic mass is 32.2. The summed E-state index contributed by atoms with van der Waals surface area (Å²) in [7, 11) is 1.89. The van der Waals surface area contributed by atoms with Crippen LogP contribution >= 0.6 is 23.1 Å². The van der Waals surface area contributed by atoms with E-state index in [1.54, 1.807) is 11.3 Å². The second-order valence-electron chi connectivity index (χ2n) is 5.06. The smallest absolute Gasteiger partial charge is 0.224 e. The maximum Gasteiger partial charge on any atom is 0.224 e. The molecule has 2 aromatic heterocycles. The van der Waals surface area contributed by atoms with Crippen LogP contribution in [0.3, 0.4) is 0 Å². The normalized spacial score (nSPS) is 16.9. The monoisotopic (exact) mass is 293 g/mol. The third-order valence-electron chi connectivity index (χ3n) is 3.54. The van der Waals surface area contributed by atoms with Gasteiger partial charge < -0.3 is 5.32 Å². The molecule has 5 heteroatoms. The molecule has 1 N–H and O–H groups in total. The summed E-state index contributed by atoms with van der Waals surface area (Å²) in [5.41, 5.74) is 0. The second-order valence-corrected chi connectivity index (χ2v) is 7.58. The number of aromatic nitrogens is 2. The molecular formula is C14H19N3S2. The molecule has 0 bridgehead atoms. The number of thiophene rings is 1. The molecule has 0 spiro atoms. The molecule has 0 aromatic carbocycles. The lowest BCUT2D eigenvalue weighted by Gasteiger charge is -2.20. The minimum atomic E-state index is 0.733. The first kappa shape index (κ1) is 13.2. The van der Waals surface area contributed by atoms with Crippen molar-refractivity contribution in [2.75, 3.05) is 12.4 Å². The molecule has 0 radical (unpaired) electrons. The first-order valence-electron chi connectivity index (χ1n) is 6.89. The Balaban J connectivity index is 1.95. The number of fused-ring (bicyclic) bond motifs is 1. The van der Waals surface area contributed by atoms with Crippen molar-refractivity contribution in [3.05, 3.63) is 10.9 Å². The third kappa shape index (κ3) is 2.87. The van der Waals surface area contributed by atoms with E-state index in [1.165, 1.54) is 42.4 Å². The number of hydrogen-bond donors (Lipinski definition) is 1. The summed E-state index contributed by atoms with van der Waals surface area (Å²) in [6.07, 6.45) is 6.79. The van der Waals surface area contributed by atoms with Crippen LogP contribution in [0.25, 0.3) is 10.2 Å². The Bertz CT molecular complexity index is 573. The summed E-state index contributed by atoms with van der Waals surface area (Å²) >= 11 is 3.71. The third-order valence-corrected chi connectivity index (χ3v) is 5.82. The van der Waals surface area contributed by atoms with Crippen molar-refractivity contribution in [3.63, 3.8) is 0 Å². The fourth-order valence-corrected chi connectivity index (χ4v) is 4.81. The van der Waals surface area contributed by atoms with Crippen molar-refractivity contribution in [1.29, 1.82) is 0 Å². The molecule has 2 aromatic rings. The minimum Gasteiger partial charge on any atom is -0.357 e. The van der Waals surface area contributed by atoms with Crippen LogP contribution < -0.4 is 5.32 Å². The number of nitrogens with one attached hydrogen (secondary N) is 1. The molecule has 3 nitrogen and oxygen atoms in total. The van der Waals surface area contributed by atoms with E-state index in [9.17, 15) is 0 Å². The number of hydrogen-bond acceptors (Lipinski definition) is 5. The van der Waals surface area contributed by atoms with Crippen LogP contribution in [0.15, 0.2) is 11.1 Å². The highest BCUT2D eigenvalue weighted by Crippen LogP contribution is 2.38. The maximum atomic E-state index is 4.67. The molecule has 0 aliphatic heterocycles. The minimum absolute atomic E-state index is 0.733. The molecule has 0 saturated heterocycles. The van der Waals surface area contributed by atoms with E-state index in [2.05, 4.69) is 28.3 Å². The molecule has 1 saturated carbocycles. The van der Waals surface area contributed by atoms with Crippen molar-refractivity contribution in [2.45, 2.75) is 49.3 Å². The van der Waals surface area contributed by atoms with Crippen LogP contribution in [0.4, 0.5) is 5.95 Å². The largest absolute Gasteiger partial charge is 0.357 e. The van der Waals surface area contributed by atoms with Gasteiger partial charge in [-0.05, 0) is 25.8 Å². The molecule has 2 heterocycles. The summed E-state index contributed by atoms with van der Waals surface area (Å²) in [6, 6.07) is 2.23. The Morgan fingerprint density at radius 2 is 2.05 bits per heavy atom. The molecule has 1 aliphatic carbocycles. The topological polar surface area (TPSA) is 37.8 Å². The lowest BCUT2D eigenvalue weighted by Crippen LogP contribution is -2.08. The van der Waals surface area contributed by atoms with Gasteiger partial charge in [0, 0.05) is 22.6 Å². The zero-order chi connectivity index (χ0) is 13.2. The molecule has 0 atom stereocenters. The van der Waals surface area contributed by atoms with E-state index in [1.807, 2.05) is 18.8 Å². The van der Waals surface area contributed by atoms with Crippen LogP contribution in [0.5, 0.6) is 0 Å². The summed E-state index contributed by atoms with van der Waals surface area (Å²) in [6.45, 7) is 2.14. The van der Waals surface area contributed by atoms with E-state index in [-0.39, 0.29) is 0 Å². The van der Waals surface area contributed by atoms with Crippen molar-refractivity contribution >= 4 is 39.3 Å². The highest BCUT2D eigenvalue weighted by Gasteiger charge is 2.18. The van der Waals surface area contributed by atoms with E-state index in [4.69, 9.17) is 0 Å². The molecule has 3 rings (SSSR count). The number of aryl methyl sites for hydroxylation is 1.